The van der Waals surface area contributed by atoms with Gasteiger partial charge in [-0.25, -0.2) is 4.39 Å². The zero-order chi connectivity index (χ0) is 25.5. The van der Waals surface area contributed by atoms with Crippen LogP contribution in [0.4, 0.5) is 46.5 Å². The predicted octanol–water partition coefficient (Wildman–Crippen LogP) is 4.37. The van der Waals surface area contributed by atoms with Gasteiger partial charge in [0.1, 0.15) is 12.4 Å². The lowest BCUT2D eigenvalue weighted by atomic mass is 10.1. The number of halogens is 8. The van der Waals surface area contributed by atoms with Crippen LogP contribution in [0.15, 0.2) is 29.4 Å². The fraction of sp³-hybridized carbons (Fsp3) is 0.474. The third-order valence-corrected chi connectivity index (χ3v) is 5.42. The molecule has 0 atom stereocenters. The second kappa shape index (κ2) is 8.83. The van der Waals surface area contributed by atoms with E-state index in [-0.39, 0.29) is 13.1 Å². The standard InChI is InChI=1S/C19H17F8N5O2/c1-11-15(29-34)16(17(21,22)18(23,24)19(25,26)27)28-32(11)10-14(33)31-8-6-30(7-9-31)13-4-2-12(20)3-5-13/h2-5H,6-10H2,1H3. The first-order chi connectivity index (χ1) is 15.7. The molecule has 2 aromatic rings. The van der Waals surface area contributed by atoms with Crippen molar-refractivity contribution in [1.82, 2.24) is 14.7 Å². The van der Waals surface area contributed by atoms with Crippen LogP contribution in [0.3, 0.4) is 0 Å². The Hall–Kier alpha value is -3.26. The minimum Gasteiger partial charge on any atom is -0.368 e. The maximum absolute atomic E-state index is 14.1. The molecule has 1 fully saturated rings. The summed E-state index contributed by atoms with van der Waals surface area (Å²) in [6, 6.07) is 5.63. The number of hydrogen-bond acceptors (Lipinski definition) is 5. The largest absolute Gasteiger partial charge is 0.460 e. The average Bonchev–Trinajstić information content (AvgIpc) is 3.09. The van der Waals surface area contributed by atoms with Crippen molar-refractivity contribution in [2.45, 2.75) is 31.5 Å². The Morgan fingerprint density at radius 2 is 1.56 bits per heavy atom. The number of carbonyl (C=O) groups excluding carboxylic acids is 1. The zero-order valence-corrected chi connectivity index (χ0v) is 17.4. The van der Waals surface area contributed by atoms with E-state index < -0.39 is 53.4 Å². The fourth-order valence-corrected chi connectivity index (χ4v) is 3.43. The molecule has 15 heteroatoms. The molecule has 3 rings (SSSR count). The van der Waals surface area contributed by atoms with Gasteiger partial charge >= 0.3 is 18.0 Å². The maximum Gasteiger partial charge on any atom is 0.460 e. The topological polar surface area (TPSA) is 70.8 Å². The Kier molecular flexibility index (Phi) is 6.59. The highest BCUT2D eigenvalue weighted by molar-refractivity contribution is 5.76. The van der Waals surface area contributed by atoms with Crippen LogP contribution in [0.2, 0.25) is 0 Å². The molecule has 186 valence electrons. The first kappa shape index (κ1) is 25.4. The number of hydrogen-bond donors (Lipinski definition) is 0. The van der Waals surface area contributed by atoms with Gasteiger partial charge in [0.2, 0.25) is 5.91 Å². The molecule has 1 aromatic heterocycles. The van der Waals surface area contributed by atoms with E-state index in [2.05, 4.69) is 10.3 Å². The molecule has 2 heterocycles. The van der Waals surface area contributed by atoms with Gasteiger partial charge in [0.15, 0.2) is 11.4 Å². The van der Waals surface area contributed by atoms with Crippen LogP contribution in [0, 0.1) is 17.6 Å². The first-order valence-electron chi connectivity index (χ1n) is 9.72. The monoisotopic (exact) mass is 499 g/mol. The molecular formula is C19H17F8N5O2. The van der Waals surface area contributed by atoms with Gasteiger partial charge in [0, 0.05) is 31.9 Å². The van der Waals surface area contributed by atoms with Crippen molar-refractivity contribution < 1.29 is 39.9 Å². The number of aromatic nitrogens is 2. The molecule has 0 bridgehead atoms. The molecule has 0 unspecified atom stereocenters. The number of piperazine rings is 1. The van der Waals surface area contributed by atoms with E-state index in [1.807, 2.05) is 4.90 Å². The van der Waals surface area contributed by atoms with Gasteiger partial charge < -0.3 is 9.80 Å². The van der Waals surface area contributed by atoms with Gasteiger partial charge in [-0.15, -0.1) is 4.91 Å². The second-order valence-electron chi connectivity index (χ2n) is 7.52. The number of anilines is 1. The molecule has 1 aliphatic heterocycles. The highest BCUT2D eigenvalue weighted by Crippen LogP contribution is 2.53. The summed E-state index contributed by atoms with van der Waals surface area (Å²) in [7, 11) is 0. The number of nitroso groups, excluding NO2 is 1. The minimum absolute atomic E-state index is 0.157. The lowest BCUT2D eigenvalue weighted by molar-refractivity contribution is -0.360. The lowest BCUT2D eigenvalue weighted by Gasteiger charge is -2.36. The van der Waals surface area contributed by atoms with Crippen molar-refractivity contribution in [3.8, 4) is 0 Å². The van der Waals surface area contributed by atoms with Crippen molar-refractivity contribution in [3.63, 3.8) is 0 Å². The van der Waals surface area contributed by atoms with Crippen molar-refractivity contribution >= 4 is 17.3 Å². The van der Waals surface area contributed by atoms with Crippen LogP contribution >= 0.6 is 0 Å². The third kappa shape index (κ3) is 4.42. The van der Waals surface area contributed by atoms with Gasteiger partial charge in [-0.2, -0.15) is 35.8 Å². The summed E-state index contributed by atoms with van der Waals surface area (Å²) in [5.41, 5.74) is -3.43. The molecule has 7 nitrogen and oxygen atoms in total. The third-order valence-electron chi connectivity index (χ3n) is 5.42. The Labute approximate surface area is 186 Å². The van der Waals surface area contributed by atoms with Crippen molar-refractivity contribution in [1.29, 1.82) is 0 Å². The summed E-state index contributed by atoms with van der Waals surface area (Å²) >= 11 is 0. The van der Waals surface area contributed by atoms with Crippen LogP contribution in [-0.2, 0) is 17.3 Å². The van der Waals surface area contributed by atoms with Crippen LogP contribution in [-0.4, -0.2) is 58.9 Å². The Bertz CT molecular complexity index is 1060. The molecule has 0 saturated carbocycles. The van der Waals surface area contributed by atoms with Crippen LogP contribution in [0.25, 0.3) is 0 Å². The average molecular weight is 499 g/mol. The molecule has 0 spiro atoms. The van der Waals surface area contributed by atoms with Crippen molar-refractivity contribution in [2.75, 3.05) is 31.1 Å². The molecule has 1 aliphatic rings. The number of rotatable bonds is 6. The van der Waals surface area contributed by atoms with Gasteiger partial charge in [-0.3, -0.25) is 9.48 Å². The highest BCUT2D eigenvalue weighted by Gasteiger charge is 2.75. The molecule has 1 saturated heterocycles. The smallest absolute Gasteiger partial charge is 0.368 e. The van der Waals surface area contributed by atoms with Gasteiger partial charge in [0.25, 0.3) is 0 Å². The number of amides is 1. The molecule has 34 heavy (non-hydrogen) atoms. The SMILES string of the molecule is Cc1c(N=O)c(C(F)(F)C(F)(F)C(F)(F)F)nn1CC(=O)N1CCN(c2ccc(F)cc2)CC1. The Morgan fingerprint density at radius 1 is 1.00 bits per heavy atom. The lowest BCUT2D eigenvalue weighted by Crippen LogP contribution is -2.50. The van der Waals surface area contributed by atoms with Crippen LogP contribution in [0.5, 0.6) is 0 Å². The summed E-state index contributed by atoms with van der Waals surface area (Å²) < 4.78 is 106. The molecular weight excluding hydrogens is 482 g/mol. The zero-order valence-electron chi connectivity index (χ0n) is 17.4. The summed E-state index contributed by atoms with van der Waals surface area (Å²) in [6.45, 7) is 1.12. The van der Waals surface area contributed by atoms with E-state index in [1.165, 1.54) is 17.0 Å². The molecule has 1 amide bonds. The summed E-state index contributed by atoms with van der Waals surface area (Å²) in [5.74, 6) is -13.6. The number of carbonyl (C=O) groups is 1. The van der Waals surface area contributed by atoms with E-state index in [0.29, 0.717) is 23.5 Å². The summed E-state index contributed by atoms with van der Waals surface area (Å²) in [6.07, 6.45) is -6.63. The van der Waals surface area contributed by atoms with E-state index in [1.54, 1.807) is 12.1 Å². The fourth-order valence-electron chi connectivity index (χ4n) is 3.43. The van der Waals surface area contributed by atoms with Crippen molar-refractivity contribution in [3.05, 3.63) is 46.4 Å². The van der Waals surface area contributed by atoms with Crippen molar-refractivity contribution in [2.24, 2.45) is 5.18 Å². The number of nitrogens with zero attached hydrogens (tertiary/aromatic N) is 5. The maximum atomic E-state index is 14.1. The van der Waals surface area contributed by atoms with Gasteiger partial charge in [-0.05, 0) is 36.4 Å². The Balaban J connectivity index is 1.76. The van der Waals surface area contributed by atoms with E-state index in [4.69, 9.17) is 0 Å². The molecule has 0 radical (unpaired) electrons. The van der Waals surface area contributed by atoms with E-state index >= 15 is 0 Å². The van der Waals surface area contributed by atoms with E-state index in [0.717, 1.165) is 6.92 Å². The quantitative estimate of drug-likeness (QED) is 0.438. The normalized spacial score (nSPS) is 15.6. The molecule has 0 aliphatic carbocycles. The highest BCUT2D eigenvalue weighted by atomic mass is 19.4. The van der Waals surface area contributed by atoms with Gasteiger partial charge in [0.05, 0.1) is 5.69 Å². The van der Waals surface area contributed by atoms with Crippen LogP contribution < -0.4 is 4.90 Å². The van der Waals surface area contributed by atoms with Gasteiger partial charge in [-0.1, -0.05) is 0 Å². The number of benzene rings is 1. The minimum atomic E-state index is -6.63. The second-order valence-corrected chi connectivity index (χ2v) is 7.52. The Morgan fingerprint density at radius 3 is 2.06 bits per heavy atom. The molecule has 1 aromatic carbocycles. The number of alkyl halides is 7. The van der Waals surface area contributed by atoms with Crippen LogP contribution in [0.1, 0.15) is 11.4 Å². The summed E-state index contributed by atoms with van der Waals surface area (Å²) in [4.78, 5) is 26.7. The first-order valence-corrected chi connectivity index (χ1v) is 9.72. The van der Waals surface area contributed by atoms with E-state index in [9.17, 15) is 44.8 Å². The molecule has 0 N–H and O–H groups in total. The summed E-state index contributed by atoms with van der Waals surface area (Å²) in [5, 5.41) is 5.19. The predicted molar refractivity (Wildman–Crippen MR) is 103 cm³/mol.